The van der Waals surface area contributed by atoms with E-state index in [-0.39, 0.29) is 24.4 Å². The van der Waals surface area contributed by atoms with E-state index in [1.165, 1.54) is 0 Å². The SMILES string of the molecule is CC(C)(C)[N-][Si](C)(C)C.[Li+]. The van der Waals surface area contributed by atoms with E-state index in [2.05, 4.69) is 45.4 Å². The second-order valence-electron chi connectivity index (χ2n) is 4.45. The molecule has 0 aromatic heterocycles. The van der Waals surface area contributed by atoms with Crippen molar-refractivity contribution in [3.05, 3.63) is 4.98 Å². The number of rotatable bonds is 1. The molecule has 0 amide bonds. The summed E-state index contributed by atoms with van der Waals surface area (Å²) in [5, 5.41) is 0. The van der Waals surface area contributed by atoms with Crippen LogP contribution in [-0.2, 0) is 0 Å². The maximum Gasteiger partial charge on any atom is 1.00 e. The quantitative estimate of drug-likeness (QED) is 0.468. The van der Waals surface area contributed by atoms with Crippen molar-refractivity contribution >= 4 is 8.24 Å². The summed E-state index contributed by atoms with van der Waals surface area (Å²) in [7, 11) is -1.17. The molecule has 0 atom stereocenters. The minimum Gasteiger partial charge on any atom is -0.660 e. The first kappa shape index (κ1) is 13.4. The molecule has 0 bridgehead atoms. The normalized spacial score (nSPS) is 12.6. The van der Waals surface area contributed by atoms with Gasteiger partial charge < -0.3 is 4.98 Å². The molecule has 10 heavy (non-hydrogen) atoms. The zero-order valence-electron chi connectivity index (χ0n) is 8.45. The molecule has 0 spiro atoms. The van der Waals surface area contributed by atoms with Gasteiger partial charge in [0.15, 0.2) is 0 Å². The summed E-state index contributed by atoms with van der Waals surface area (Å²) in [4.78, 5) is 4.68. The molecule has 0 N–H and O–H groups in total. The Kier molecular flexibility index (Phi) is 5.30. The third kappa shape index (κ3) is 11.6. The Bertz CT molecular complexity index is 78.8. The van der Waals surface area contributed by atoms with Crippen molar-refractivity contribution in [2.24, 2.45) is 0 Å². The fraction of sp³-hybridized carbons (Fsp3) is 1.00. The predicted molar refractivity (Wildman–Crippen MR) is 46.5 cm³/mol. The fourth-order valence-corrected chi connectivity index (χ4v) is 3.02. The average molecular weight is 151 g/mol. The molecule has 0 saturated carbocycles. The van der Waals surface area contributed by atoms with Crippen LogP contribution >= 0.6 is 0 Å². The average Bonchev–Trinajstić information content (AvgIpc) is 1.14. The zero-order chi connectivity index (χ0) is 7.71. The van der Waals surface area contributed by atoms with E-state index in [9.17, 15) is 0 Å². The summed E-state index contributed by atoms with van der Waals surface area (Å²) < 4.78 is 0. The smallest absolute Gasteiger partial charge is 0.660 e. The molecule has 0 saturated heterocycles. The summed E-state index contributed by atoms with van der Waals surface area (Å²) in [5.41, 5.74) is 0.171. The molecular weight excluding hydrogens is 133 g/mol. The van der Waals surface area contributed by atoms with Crippen LogP contribution in [0.25, 0.3) is 4.98 Å². The zero-order valence-corrected chi connectivity index (χ0v) is 9.45. The molecule has 56 valence electrons. The van der Waals surface area contributed by atoms with E-state index < -0.39 is 8.24 Å². The minimum absolute atomic E-state index is 0. The van der Waals surface area contributed by atoms with Crippen molar-refractivity contribution in [2.75, 3.05) is 0 Å². The van der Waals surface area contributed by atoms with Crippen LogP contribution in [0.3, 0.4) is 0 Å². The minimum atomic E-state index is -1.17. The van der Waals surface area contributed by atoms with Gasteiger partial charge >= 0.3 is 18.9 Å². The Morgan fingerprint density at radius 3 is 1.30 bits per heavy atom. The predicted octanol–water partition coefficient (Wildman–Crippen LogP) is -0.00250. The molecule has 0 unspecified atom stereocenters. The Hall–Kier alpha value is 0.774. The third-order valence-corrected chi connectivity index (χ3v) is 2.01. The second kappa shape index (κ2) is 3.97. The van der Waals surface area contributed by atoms with Crippen molar-refractivity contribution in [1.29, 1.82) is 0 Å². The summed E-state index contributed by atoms with van der Waals surface area (Å²) in [6.45, 7) is 13.3. The van der Waals surface area contributed by atoms with Crippen LogP contribution in [0.1, 0.15) is 20.8 Å². The molecule has 0 aromatic rings. The van der Waals surface area contributed by atoms with Crippen LogP contribution in [0.4, 0.5) is 0 Å². The van der Waals surface area contributed by atoms with Gasteiger partial charge in [-0.05, 0) is 0 Å². The molecular formula is C7H18LiNSi. The van der Waals surface area contributed by atoms with E-state index >= 15 is 0 Å². The van der Waals surface area contributed by atoms with E-state index in [1.54, 1.807) is 0 Å². The second-order valence-corrected chi connectivity index (χ2v) is 9.02. The topological polar surface area (TPSA) is 14.1 Å². The number of hydrogen-bond donors (Lipinski definition) is 0. The van der Waals surface area contributed by atoms with Gasteiger partial charge in [-0.3, -0.25) is 0 Å². The monoisotopic (exact) mass is 151 g/mol. The van der Waals surface area contributed by atoms with Crippen molar-refractivity contribution in [3.63, 3.8) is 0 Å². The van der Waals surface area contributed by atoms with Crippen LogP contribution in [0.15, 0.2) is 0 Å². The Balaban J connectivity index is 0. The Labute approximate surface area is 78.2 Å². The summed E-state index contributed by atoms with van der Waals surface area (Å²) in [5.74, 6) is 0. The first-order valence-corrected chi connectivity index (χ1v) is 6.89. The fourth-order valence-electron chi connectivity index (χ4n) is 1.01. The maximum absolute atomic E-state index is 4.68. The van der Waals surface area contributed by atoms with Gasteiger partial charge in [0.2, 0.25) is 0 Å². The van der Waals surface area contributed by atoms with Gasteiger partial charge in [0.1, 0.15) is 0 Å². The van der Waals surface area contributed by atoms with Gasteiger partial charge in [0.25, 0.3) is 0 Å². The van der Waals surface area contributed by atoms with Gasteiger partial charge in [0, 0.05) is 0 Å². The molecule has 0 aliphatic rings. The Morgan fingerprint density at radius 2 is 1.30 bits per heavy atom. The first-order valence-electron chi connectivity index (χ1n) is 3.45. The maximum atomic E-state index is 4.68. The van der Waals surface area contributed by atoms with Gasteiger partial charge in [-0.2, -0.15) is 0 Å². The van der Waals surface area contributed by atoms with Crippen molar-refractivity contribution in [2.45, 2.75) is 46.0 Å². The van der Waals surface area contributed by atoms with Gasteiger partial charge in [-0.25, -0.2) is 0 Å². The molecule has 0 fully saturated rings. The molecule has 3 heteroatoms. The van der Waals surface area contributed by atoms with Gasteiger partial charge in [0.05, 0.1) is 0 Å². The van der Waals surface area contributed by atoms with Gasteiger partial charge in [-0.1, -0.05) is 48.6 Å². The summed E-state index contributed by atoms with van der Waals surface area (Å²) >= 11 is 0. The van der Waals surface area contributed by atoms with Crippen LogP contribution in [0.2, 0.25) is 19.6 Å². The van der Waals surface area contributed by atoms with Crippen LogP contribution in [0, 0.1) is 0 Å². The largest absolute Gasteiger partial charge is 1.00 e. The number of nitrogens with zero attached hydrogens (tertiary/aromatic N) is 1. The molecule has 0 radical (unpaired) electrons. The van der Waals surface area contributed by atoms with E-state index in [1.807, 2.05) is 0 Å². The third-order valence-electron chi connectivity index (χ3n) is 0.671. The standard InChI is InChI=1S/C7H18NSi.Li/c1-7(2,3)8-9(4,5)6;/h1-6H3;/q-1;+1. The molecule has 0 aromatic carbocycles. The van der Waals surface area contributed by atoms with E-state index in [0.29, 0.717) is 0 Å². The van der Waals surface area contributed by atoms with Crippen molar-refractivity contribution < 1.29 is 18.9 Å². The van der Waals surface area contributed by atoms with Crippen LogP contribution in [0.5, 0.6) is 0 Å². The van der Waals surface area contributed by atoms with Crippen LogP contribution < -0.4 is 18.9 Å². The molecule has 1 nitrogen and oxygen atoms in total. The Morgan fingerprint density at radius 1 is 1.00 bits per heavy atom. The van der Waals surface area contributed by atoms with E-state index in [4.69, 9.17) is 0 Å². The molecule has 0 rings (SSSR count). The molecule has 0 heterocycles. The van der Waals surface area contributed by atoms with E-state index in [0.717, 1.165) is 0 Å². The van der Waals surface area contributed by atoms with Crippen molar-refractivity contribution in [3.8, 4) is 0 Å². The first-order chi connectivity index (χ1) is 3.71. The molecule has 0 aliphatic carbocycles. The summed E-state index contributed by atoms with van der Waals surface area (Å²) in [6.07, 6.45) is 0. The number of hydrogen-bond acceptors (Lipinski definition) is 0. The van der Waals surface area contributed by atoms with Crippen LogP contribution in [-0.4, -0.2) is 13.8 Å². The summed E-state index contributed by atoms with van der Waals surface area (Å²) in [6, 6.07) is 0. The van der Waals surface area contributed by atoms with Gasteiger partial charge in [-0.15, -0.1) is 5.54 Å². The molecule has 0 aliphatic heterocycles. The van der Waals surface area contributed by atoms with Crippen molar-refractivity contribution in [1.82, 2.24) is 0 Å².